The summed E-state index contributed by atoms with van der Waals surface area (Å²) in [6.07, 6.45) is -17.4. The molecule has 2 N–H and O–H groups in total. The summed E-state index contributed by atoms with van der Waals surface area (Å²) >= 11 is 0. The number of ether oxygens (including phenoxy) is 2. The van der Waals surface area contributed by atoms with E-state index in [1.165, 1.54) is 0 Å². The van der Waals surface area contributed by atoms with Crippen LogP contribution in [0.4, 0.5) is 43.9 Å². The standard InChI is InChI=1S/C21H26F10O7S/c1-11(10-37-7-3-2-6-17(22,23)21(30,31)39(34,35)36)16(32)38-15(14-9-12-4-5-13(14)8-12)18(33,19(24,25)26)20(27,28)29/h12-15,33H,1-10H2,(H,34,35,36). The van der Waals surface area contributed by atoms with E-state index in [2.05, 4.69) is 11.3 Å². The maximum Gasteiger partial charge on any atom is 0.431 e. The number of esters is 1. The van der Waals surface area contributed by atoms with Crippen molar-refractivity contribution in [1.82, 2.24) is 0 Å². The van der Waals surface area contributed by atoms with Crippen molar-refractivity contribution in [3.8, 4) is 0 Å². The predicted molar refractivity (Wildman–Crippen MR) is 111 cm³/mol. The molecule has 18 heteroatoms. The van der Waals surface area contributed by atoms with Crippen LogP contribution >= 0.6 is 0 Å². The minimum atomic E-state index is -6.41. The minimum Gasteiger partial charge on any atom is -0.455 e. The van der Waals surface area contributed by atoms with Crippen molar-refractivity contribution in [1.29, 1.82) is 0 Å². The van der Waals surface area contributed by atoms with E-state index in [-0.39, 0.29) is 18.8 Å². The van der Waals surface area contributed by atoms with Gasteiger partial charge >= 0.3 is 39.6 Å². The molecule has 0 aromatic heterocycles. The number of carbonyl (C=O) groups is 1. The predicted octanol–water partition coefficient (Wildman–Crippen LogP) is 5.05. The van der Waals surface area contributed by atoms with E-state index in [9.17, 15) is 62.2 Å². The van der Waals surface area contributed by atoms with Gasteiger partial charge in [-0.3, -0.25) is 4.55 Å². The van der Waals surface area contributed by atoms with Gasteiger partial charge in [-0.1, -0.05) is 13.0 Å². The summed E-state index contributed by atoms with van der Waals surface area (Å²) in [5, 5.41) is 4.19. The van der Waals surface area contributed by atoms with E-state index in [0.29, 0.717) is 12.8 Å². The topological polar surface area (TPSA) is 110 Å². The number of rotatable bonds is 13. The lowest BCUT2D eigenvalue weighted by Crippen LogP contribution is -2.67. The summed E-state index contributed by atoms with van der Waals surface area (Å²) in [5.41, 5.74) is -6.15. The van der Waals surface area contributed by atoms with Gasteiger partial charge in [-0.2, -0.15) is 52.3 Å². The maximum absolute atomic E-state index is 13.6. The van der Waals surface area contributed by atoms with Crippen molar-refractivity contribution in [2.24, 2.45) is 17.8 Å². The van der Waals surface area contributed by atoms with Gasteiger partial charge in [0.25, 0.3) is 5.60 Å². The summed E-state index contributed by atoms with van der Waals surface area (Å²) in [6, 6.07) is 0. The fourth-order valence-corrected chi connectivity index (χ4v) is 5.45. The van der Waals surface area contributed by atoms with Gasteiger partial charge in [-0.25, -0.2) is 4.79 Å². The van der Waals surface area contributed by atoms with Crippen LogP contribution in [-0.2, 0) is 24.4 Å². The van der Waals surface area contributed by atoms with Crippen molar-refractivity contribution >= 4 is 16.1 Å². The molecule has 228 valence electrons. The van der Waals surface area contributed by atoms with Crippen LogP contribution in [0.3, 0.4) is 0 Å². The first kappa shape index (κ1) is 33.5. The second-order valence-corrected chi connectivity index (χ2v) is 11.2. The molecule has 0 amide bonds. The molecule has 0 heterocycles. The van der Waals surface area contributed by atoms with E-state index in [1.807, 2.05) is 0 Å². The molecule has 4 atom stereocenters. The third kappa shape index (κ3) is 6.81. The summed E-state index contributed by atoms with van der Waals surface area (Å²) in [6.45, 7) is 1.73. The number of aliphatic hydroxyl groups is 1. The Hall–Kier alpha value is -1.66. The lowest BCUT2D eigenvalue weighted by Gasteiger charge is -2.42. The Kier molecular flexibility index (Phi) is 9.73. The zero-order valence-electron chi connectivity index (χ0n) is 20.0. The first-order valence-electron chi connectivity index (χ1n) is 11.5. The Morgan fingerprint density at radius 1 is 0.949 bits per heavy atom. The third-order valence-electron chi connectivity index (χ3n) is 7.04. The average Bonchev–Trinajstić information content (AvgIpc) is 3.40. The minimum absolute atomic E-state index is 0.138. The number of carbonyl (C=O) groups excluding carboxylic acids is 1. The summed E-state index contributed by atoms with van der Waals surface area (Å²) in [5.74, 6) is -9.18. The molecule has 7 nitrogen and oxygen atoms in total. The van der Waals surface area contributed by atoms with E-state index < -0.39 is 101 Å². The van der Waals surface area contributed by atoms with Gasteiger partial charge < -0.3 is 14.6 Å². The Morgan fingerprint density at radius 3 is 1.95 bits per heavy atom. The van der Waals surface area contributed by atoms with Crippen LogP contribution in [0, 0.1) is 17.8 Å². The molecule has 0 aromatic carbocycles. The third-order valence-corrected chi connectivity index (χ3v) is 7.98. The first-order valence-corrected chi connectivity index (χ1v) is 13.0. The molecule has 2 bridgehead atoms. The molecule has 0 radical (unpaired) electrons. The van der Waals surface area contributed by atoms with E-state index in [4.69, 9.17) is 9.29 Å². The second-order valence-electron chi connectivity index (χ2n) is 9.74. The van der Waals surface area contributed by atoms with Crippen LogP contribution in [0.15, 0.2) is 12.2 Å². The number of alkyl halides is 10. The highest BCUT2D eigenvalue weighted by atomic mass is 32.2. The lowest BCUT2D eigenvalue weighted by atomic mass is 9.76. The van der Waals surface area contributed by atoms with Crippen molar-refractivity contribution in [3.63, 3.8) is 0 Å². The molecular weight excluding hydrogens is 586 g/mol. The van der Waals surface area contributed by atoms with Gasteiger partial charge in [0, 0.05) is 18.9 Å². The van der Waals surface area contributed by atoms with Gasteiger partial charge in [0.15, 0.2) is 6.10 Å². The number of unbranched alkanes of at least 4 members (excludes halogenated alkanes) is 1. The molecule has 0 spiro atoms. The molecule has 0 aromatic rings. The van der Waals surface area contributed by atoms with Gasteiger partial charge in [-0.05, 0) is 43.9 Å². The van der Waals surface area contributed by atoms with Gasteiger partial charge in [0.2, 0.25) is 0 Å². The molecule has 4 unspecified atom stereocenters. The summed E-state index contributed by atoms with van der Waals surface area (Å²) in [4.78, 5) is 12.4. The maximum atomic E-state index is 13.6. The molecule has 2 aliphatic carbocycles. The zero-order valence-corrected chi connectivity index (χ0v) is 20.8. The van der Waals surface area contributed by atoms with Gasteiger partial charge in [0.05, 0.1) is 12.2 Å². The Labute approximate surface area is 216 Å². The van der Waals surface area contributed by atoms with Crippen LogP contribution in [0.2, 0.25) is 0 Å². The zero-order chi connectivity index (χ0) is 30.2. The highest BCUT2D eigenvalue weighted by molar-refractivity contribution is 7.87. The Bertz CT molecular complexity index is 996. The van der Waals surface area contributed by atoms with E-state index >= 15 is 0 Å². The van der Waals surface area contributed by atoms with Crippen molar-refractivity contribution < 1.29 is 76.2 Å². The fraction of sp³-hybridized carbons (Fsp3) is 0.857. The van der Waals surface area contributed by atoms with E-state index in [0.717, 1.165) is 0 Å². The van der Waals surface area contributed by atoms with Crippen molar-refractivity contribution in [3.05, 3.63) is 12.2 Å². The molecule has 0 saturated heterocycles. The smallest absolute Gasteiger partial charge is 0.431 e. The number of hydrogen-bond acceptors (Lipinski definition) is 6. The average molecular weight is 612 g/mol. The molecule has 2 rings (SSSR count). The molecule has 2 saturated carbocycles. The second kappa shape index (κ2) is 11.3. The monoisotopic (exact) mass is 612 g/mol. The highest BCUT2D eigenvalue weighted by Gasteiger charge is 2.77. The Balaban J connectivity index is 1.99. The normalized spacial score (nSPS) is 23.6. The van der Waals surface area contributed by atoms with Crippen LogP contribution in [0.1, 0.15) is 44.9 Å². The number of hydrogen-bond donors (Lipinski definition) is 2. The molecule has 0 aliphatic heterocycles. The quantitative estimate of drug-likeness (QED) is 0.0986. The fourth-order valence-electron chi connectivity index (χ4n) is 4.97. The highest BCUT2D eigenvalue weighted by Crippen LogP contribution is 2.56. The largest absolute Gasteiger partial charge is 0.455 e. The summed E-state index contributed by atoms with van der Waals surface area (Å²) < 4.78 is 173. The van der Waals surface area contributed by atoms with Gasteiger partial charge in [-0.15, -0.1) is 0 Å². The van der Waals surface area contributed by atoms with E-state index in [1.54, 1.807) is 0 Å². The van der Waals surface area contributed by atoms with Crippen LogP contribution in [-0.4, -0.2) is 72.5 Å². The van der Waals surface area contributed by atoms with Crippen molar-refractivity contribution in [2.75, 3.05) is 13.2 Å². The molecule has 39 heavy (non-hydrogen) atoms. The molecule has 2 fully saturated rings. The molecular formula is C21H26F10O7S. The lowest BCUT2D eigenvalue weighted by molar-refractivity contribution is -0.396. The number of halogens is 10. The van der Waals surface area contributed by atoms with Crippen LogP contribution < -0.4 is 0 Å². The number of fused-ring (bicyclic) bond motifs is 2. The van der Waals surface area contributed by atoms with Crippen molar-refractivity contribution in [2.45, 2.75) is 80.2 Å². The van der Waals surface area contributed by atoms with Gasteiger partial charge in [0.1, 0.15) is 0 Å². The molecule has 2 aliphatic rings. The van der Waals surface area contributed by atoms with Crippen LogP contribution in [0.25, 0.3) is 0 Å². The summed E-state index contributed by atoms with van der Waals surface area (Å²) in [7, 11) is -6.41. The first-order chi connectivity index (χ1) is 17.5. The SMILES string of the molecule is C=C(COCCCCC(F)(F)C(F)(F)S(=O)(=O)O)C(=O)OC(C1CC2CCC1C2)C(O)(C(F)(F)F)C(F)(F)F. The Morgan fingerprint density at radius 2 is 1.51 bits per heavy atom. The van der Waals surface area contributed by atoms with Crippen LogP contribution in [0.5, 0.6) is 0 Å².